The first kappa shape index (κ1) is 12.0. The first-order valence-electron chi connectivity index (χ1n) is 5.42. The Bertz CT molecular complexity index is 494. The van der Waals surface area contributed by atoms with E-state index in [4.69, 9.17) is 11.7 Å². The molecule has 0 bridgehead atoms. The summed E-state index contributed by atoms with van der Waals surface area (Å²) in [5.74, 6) is 12.3. The van der Waals surface area contributed by atoms with Crippen molar-refractivity contribution in [2.24, 2.45) is 5.84 Å². The molecule has 17 heavy (non-hydrogen) atoms. The van der Waals surface area contributed by atoms with Gasteiger partial charge < -0.3 is 10.4 Å². The fourth-order valence-corrected chi connectivity index (χ4v) is 1.84. The molecule has 0 fully saturated rings. The van der Waals surface area contributed by atoms with Crippen LogP contribution in [0.1, 0.15) is 5.56 Å². The van der Waals surface area contributed by atoms with Gasteiger partial charge in [-0.05, 0) is 29.1 Å². The zero-order chi connectivity index (χ0) is 12.3. The number of halogens is 1. The van der Waals surface area contributed by atoms with Gasteiger partial charge in [0.15, 0.2) is 0 Å². The number of nitrogens with one attached hydrogen (secondary N) is 3. The molecule has 1 atom stereocenters. The highest BCUT2D eigenvalue weighted by Crippen LogP contribution is 2.17. The normalized spacial score (nSPS) is 13.1. The van der Waals surface area contributed by atoms with Crippen molar-refractivity contribution in [2.75, 3.05) is 6.67 Å². The average molecular weight is 237 g/mol. The van der Waals surface area contributed by atoms with Gasteiger partial charge in [-0.25, -0.2) is 4.39 Å². The zero-order valence-electron chi connectivity index (χ0n) is 9.41. The summed E-state index contributed by atoms with van der Waals surface area (Å²) in [5, 5.41) is 1.03. The van der Waals surface area contributed by atoms with E-state index in [9.17, 15) is 4.39 Å². The second-order valence-corrected chi connectivity index (χ2v) is 3.86. The van der Waals surface area contributed by atoms with Crippen LogP contribution in [0.5, 0.6) is 0 Å². The second kappa shape index (κ2) is 5.24. The van der Waals surface area contributed by atoms with E-state index >= 15 is 0 Å². The van der Waals surface area contributed by atoms with Gasteiger partial charge in [-0.3, -0.25) is 5.23 Å². The average Bonchev–Trinajstić information content (AvgIpc) is 2.70. The number of nitrogens with zero attached hydrogens (tertiary/aromatic N) is 1. The summed E-state index contributed by atoms with van der Waals surface area (Å²) in [6, 6.07) is 7.89. The molecule has 0 aliphatic rings. The maximum absolute atomic E-state index is 12.3. The van der Waals surface area contributed by atoms with Crippen LogP contribution in [0, 0.1) is 0 Å². The van der Waals surface area contributed by atoms with E-state index in [0.29, 0.717) is 13.1 Å². The number of aromatic nitrogens is 1. The summed E-state index contributed by atoms with van der Waals surface area (Å²) < 4.78 is 14.2. The number of alkyl halides is 1. The molecule has 0 aliphatic carbocycles. The predicted molar refractivity (Wildman–Crippen MR) is 64.2 cm³/mol. The van der Waals surface area contributed by atoms with Crippen molar-refractivity contribution in [3.8, 4) is 0 Å². The van der Waals surface area contributed by atoms with Crippen molar-refractivity contribution in [2.45, 2.75) is 13.1 Å². The first-order chi connectivity index (χ1) is 8.20. The van der Waals surface area contributed by atoms with Gasteiger partial charge in [0.2, 0.25) is 0 Å². The summed E-state index contributed by atoms with van der Waals surface area (Å²) in [4.78, 5) is 0. The lowest BCUT2D eigenvalue weighted by Crippen LogP contribution is -3.18. The van der Waals surface area contributed by atoms with Gasteiger partial charge in [-0.2, -0.15) is 11.3 Å². The molecule has 6 heteroatoms. The van der Waals surface area contributed by atoms with Crippen LogP contribution in [-0.4, -0.2) is 11.2 Å². The molecule has 0 amide bonds. The van der Waals surface area contributed by atoms with Crippen molar-refractivity contribution in [1.82, 2.24) is 9.99 Å². The SMILES string of the molecule is [NH-][NH+](N)NCc1ccc2c(ccn2CCF)c1. The highest BCUT2D eigenvalue weighted by Gasteiger charge is 2.02. The summed E-state index contributed by atoms with van der Waals surface area (Å²) in [7, 11) is 0. The lowest BCUT2D eigenvalue weighted by molar-refractivity contribution is -0.910. The van der Waals surface area contributed by atoms with Gasteiger partial charge in [-0.15, -0.1) is 0 Å². The number of quaternary nitrogens is 1. The van der Waals surface area contributed by atoms with Crippen molar-refractivity contribution in [3.05, 3.63) is 41.9 Å². The van der Waals surface area contributed by atoms with Crippen LogP contribution in [0.15, 0.2) is 30.5 Å². The maximum Gasteiger partial charge on any atom is 0.107 e. The van der Waals surface area contributed by atoms with Crippen molar-refractivity contribution in [1.29, 1.82) is 0 Å². The molecule has 0 saturated carbocycles. The van der Waals surface area contributed by atoms with E-state index in [1.165, 1.54) is 0 Å². The van der Waals surface area contributed by atoms with E-state index in [-0.39, 0.29) is 11.9 Å². The van der Waals surface area contributed by atoms with Gasteiger partial charge in [0, 0.05) is 11.7 Å². The Labute approximate surface area is 98.7 Å². The van der Waals surface area contributed by atoms with E-state index in [1.807, 2.05) is 35.0 Å². The van der Waals surface area contributed by atoms with Crippen molar-refractivity contribution < 1.29 is 9.62 Å². The first-order valence-corrected chi connectivity index (χ1v) is 5.42. The largest absolute Gasteiger partial charge is 0.427 e. The Morgan fingerprint density at radius 1 is 1.41 bits per heavy atom. The van der Waals surface area contributed by atoms with E-state index in [1.54, 1.807) is 0 Å². The van der Waals surface area contributed by atoms with Crippen LogP contribution in [0.4, 0.5) is 4.39 Å². The third kappa shape index (κ3) is 2.80. The third-order valence-corrected chi connectivity index (χ3v) is 2.64. The Morgan fingerprint density at radius 2 is 2.24 bits per heavy atom. The molecule has 2 rings (SSSR count). The second-order valence-electron chi connectivity index (χ2n) is 3.86. The van der Waals surface area contributed by atoms with E-state index in [2.05, 4.69) is 5.43 Å². The quantitative estimate of drug-likeness (QED) is 0.518. The molecular formula is C11H16FN5. The molecule has 2 aromatic rings. The Kier molecular flexibility index (Phi) is 3.70. The molecule has 0 radical (unpaired) electrons. The van der Waals surface area contributed by atoms with E-state index < -0.39 is 0 Å². The topological polar surface area (TPSA) is 71.2 Å². The number of hydrogen-bond donors (Lipinski definition) is 3. The maximum atomic E-state index is 12.3. The lowest BCUT2D eigenvalue weighted by Gasteiger charge is -2.14. The Morgan fingerprint density at radius 3 is 2.94 bits per heavy atom. The van der Waals surface area contributed by atoms with Crippen LogP contribution in [0.2, 0.25) is 0 Å². The number of nitrogens with two attached hydrogens (primary N) is 1. The number of rotatable bonds is 5. The lowest BCUT2D eigenvalue weighted by atomic mass is 10.1. The van der Waals surface area contributed by atoms with Gasteiger partial charge >= 0.3 is 0 Å². The fraction of sp³-hybridized carbons (Fsp3) is 0.273. The highest BCUT2D eigenvalue weighted by atomic mass is 19.1. The van der Waals surface area contributed by atoms with E-state index in [0.717, 1.165) is 16.5 Å². The predicted octanol–water partition coefficient (Wildman–Crippen LogP) is 0.341. The minimum Gasteiger partial charge on any atom is -0.427 e. The molecule has 0 spiro atoms. The zero-order valence-corrected chi connectivity index (χ0v) is 9.41. The molecule has 1 unspecified atom stereocenters. The molecule has 5 nitrogen and oxygen atoms in total. The minimum absolute atomic E-state index is 0.0416. The summed E-state index contributed by atoms with van der Waals surface area (Å²) in [5.41, 5.74) is 4.82. The molecule has 92 valence electrons. The Hall–Kier alpha value is -1.47. The molecular weight excluding hydrogens is 221 g/mol. The molecule has 1 aromatic heterocycles. The Balaban J connectivity index is 2.20. The van der Waals surface area contributed by atoms with Crippen molar-refractivity contribution >= 4 is 10.9 Å². The molecule has 5 N–H and O–H groups in total. The van der Waals surface area contributed by atoms with Crippen LogP contribution in [-0.2, 0) is 13.1 Å². The van der Waals surface area contributed by atoms with Gasteiger partial charge in [0.05, 0.1) is 13.1 Å². The van der Waals surface area contributed by atoms with Crippen LogP contribution in [0.25, 0.3) is 16.7 Å². The standard InChI is InChI=1S/C11H16FN5/c12-4-6-16-5-3-10-7-9(1-2-11(10)16)8-15-17(13)14/h1-3,5,7,13,15,17H,4,6,8,14H2. The van der Waals surface area contributed by atoms with Gasteiger partial charge in [-0.1, -0.05) is 6.07 Å². The van der Waals surface area contributed by atoms with Crippen LogP contribution < -0.4 is 16.5 Å². The number of benzene rings is 1. The smallest absolute Gasteiger partial charge is 0.107 e. The number of hydrogen-bond acceptors (Lipinski definition) is 2. The van der Waals surface area contributed by atoms with Crippen LogP contribution >= 0.6 is 0 Å². The third-order valence-electron chi connectivity index (χ3n) is 2.64. The number of fused-ring (bicyclic) bond motifs is 1. The number of aryl methyl sites for hydroxylation is 1. The highest BCUT2D eigenvalue weighted by molar-refractivity contribution is 5.80. The molecule has 1 heterocycles. The molecule has 0 aliphatic heterocycles. The molecule has 1 aromatic carbocycles. The summed E-state index contributed by atoms with van der Waals surface area (Å²) >= 11 is 0. The monoisotopic (exact) mass is 237 g/mol. The fourth-order valence-electron chi connectivity index (χ4n) is 1.84. The van der Waals surface area contributed by atoms with Crippen LogP contribution in [0.3, 0.4) is 0 Å². The van der Waals surface area contributed by atoms with Gasteiger partial charge in [0.25, 0.3) is 0 Å². The van der Waals surface area contributed by atoms with Gasteiger partial charge in [0.1, 0.15) is 6.67 Å². The summed E-state index contributed by atoms with van der Waals surface area (Å²) in [6.45, 7) is 0.547. The van der Waals surface area contributed by atoms with Crippen molar-refractivity contribution in [3.63, 3.8) is 0 Å². The minimum atomic E-state index is -0.364. The summed E-state index contributed by atoms with van der Waals surface area (Å²) in [6.07, 6.45) is 1.88. The molecule has 0 saturated heterocycles.